The summed E-state index contributed by atoms with van der Waals surface area (Å²) in [6.45, 7) is 0. The van der Waals surface area contributed by atoms with Gasteiger partial charge in [-0.1, -0.05) is 48.5 Å². The monoisotopic (exact) mass is 336 g/mol. The van der Waals surface area contributed by atoms with Crippen LogP contribution in [0.5, 0.6) is 0 Å². The lowest BCUT2D eigenvalue weighted by atomic mass is 10.0. The SMILES string of the molecule is COC(=O)[C@H](Cc1c[nH]c2ccccc12)NC(=O)Cc1ccccc1. The number of para-hydroxylation sites is 1. The van der Waals surface area contributed by atoms with E-state index < -0.39 is 12.0 Å². The molecule has 2 N–H and O–H groups in total. The van der Waals surface area contributed by atoms with Gasteiger partial charge in [0.15, 0.2) is 0 Å². The second-order valence-corrected chi connectivity index (χ2v) is 5.87. The molecule has 0 spiro atoms. The van der Waals surface area contributed by atoms with Gasteiger partial charge in [-0.2, -0.15) is 0 Å². The fourth-order valence-electron chi connectivity index (χ4n) is 2.88. The Morgan fingerprint density at radius 1 is 1.08 bits per heavy atom. The Morgan fingerprint density at radius 2 is 1.80 bits per heavy atom. The van der Waals surface area contributed by atoms with Crippen LogP contribution in [-0.2, 0) is 27.2 Å². The zero-order valence-corrected chi connectivity index (χ0v) is 14.0. The van der Waals surface area contributed by atoms with E-state index in [1.807, 2.05) is 60.8 Å². The largest absolute Gasteiger partial charge is 0.467 e. The molecule has 0 aliphatic rings. The van der Waals surface area contributed by atoms with Crippen molar-refractivity contribution in [1.82, 2.24) is 10.3 Å². The number of carbonyl (C=O) groups excluding carboxylic acids is 2. The third kappa shape index (κ3) is 4.07. The van der Waals surface area contributed by atoms with Crippen LogP contribution in [0.25, 0.3) is 10.9 Å². The van der Waals surface area contributed by atoms with Crippen molar-refractivity contribution >= 4 is 22.8 Å². The average molecular weight is 336 g/mol. The van der Waals surface area contributed by atoms with E-state index in [9.17, 15) is 9.59 Å². The van der Waals surface area contributed by atoms with Crippen LogP contribution in [0, 0.1) is 0 Å². The molecule has 1 heterocycles. The molecule has 1 aromatic heterocycles. The van der Waals surface area contributed by atoms with Crippen molar-refractivity contribution in [3.63, 3.8) is 0 Å². The van der Waals surface area contributed by atoms with Gasteiger partial charge in [0.25, 0.3) is 0 Å². The summed E-state index contributed by atoms with van der Waals surface area (Å²) in [4.78, 5) is 27.6. The normalized spacial score (nSPS) is 11.9. The average Bonchev–Trinajstić information content (AvgIpc) is 3.04. The molecule has 0 radical (unpaired) electrons. The summed E-state index contributed by atoms with van der Waals surface area (Å²) in [5.74, 6) is -0.659. The number of carbonyl (C=O) groups is 2. The van der Waals surface area contributed by atoms with E-state index in [0.29, 0.717) is 6.42 Å². The predicted octanol–water partition coefficient (Wildman–Crippen LogP) is 2.61. The minimum Gasteiger partial charge on any atom is -0.467 e. The van der Waals surface area contributed by atoms with Crippen molar-refractivity contribution in [1.29, 1.82) is 0 Å². The maximum Gasteiger partial charge on any atom is 0.328 e. The molecular formula is C20H20N2O3. The zero-order valence-electron chi connectivity index (χ0n) is 14.0. The Morgan fingerprint density at radius 3 is 2.56 bits per heavy atom. The van der Waals surface area contributed by atoms with Crippen LogP contribution in [0.2, 0.25) is 0 Å². The maximum atomic E-state index is 12.3. The number of aromatic nitrogens is 1. The number of methoxy groups -OCH3 is 1. The topological polar surface area (TPSA) is 71.2 Å². The molecule has 1 atom stereocenters. The molecule has 128 valence electrons. The van der Waals surface area contributed by atoms with Gasteiger partial charge in [-0.25, -0.2) is 4.79 Å². The molecule has 25 heavy (non-hydrogen) atoms. The summed E-state index contributed by atoms with van der Waals surface area (Å²) in [6, 6.07) is 16.6. The third-order valence-corrected chi connectivity index (χ3v) is 4.13. The molecule has 0 unspecified atom stereocenters. The summed E-state index contributed by atoms with van der Waals surface area (Å²) >= 11 is 0. The first-order valence-electron chi connectivity index (χ1n) is 8.13. The fraction of sp³-hybridized carbons (Fsp3) is 0.200. The zero-order chi connectivity index (χ0) is 17.6. The molecule has 0 aliphatic carbocycles. The first-order chi connectivity index (χ1) is 12.2. The van der Waals surface area contributed by atoms with Gasteiger partial charge in [0, 0.05) is 23.5 Å². The van der Waals surface area contributed by atoms with Crippen LogP contribution in [0.15, 0.2) is 60.8 Å². The number of rotatable bonds is 6. The molecule has 1 amide bonds. The number of hydrogen-bond acceptors (Lipinski definition) is 3. The minimum atomic E-state index is -0.722. The Balaban J connectivity index is 1.73. The van der Waals surface area contributed by atoms with Gasteiger partial charge in [-0.05, 0) is 17.2 Å². The molecule has 5 nitrogen and oxygen atoms in total. The van der Waals surface area contributed by atoms with E-state index in [1.54, 1.807) is 0 Å². The highest BCUT2D eigenvalue weighted by Crippen LogP contribution is 2.19. The van der Waals surface area contributed by atoms with E-state index in [2.05, 4.69) is 10.3 Å². The molecule has 3 aromatic rings. The summed E-state index contributed by atoms with van der Waals surface area (Å²) in [5, 5.41) is 3.83. The second kappa shape index (κ2) is 7.66. The highest BCUT2D eigenvalue weighted by atomic mass is 16.5. The van der Waals surface area contributed by atoms with Crippen LogP contribution < -0.4 is 5.32 Å². The van der Waals surface area contributed by atoms with Crippen molar-refractivity contribution in [2.75, 3.05) is 7.11 Å². The lowest BCUT2D eigenvalue weighted by Gasteiger charge is -2.16. The number of amides is 1. The van der Waals surface area contributed by atoms with Gasteiger partial charge < -0.3 is 15.0 Å². The molecule has 0 aliphatic heterocycles. The smallest absolute Gasteiger partial charge is 0.328 e. The molecule has 0 bridgehead atoms. The Hall–Kier alpha value is -3.08. The predicted molar refractivity (Wildman–Crippen MR) is 96.1 cm³/mol. The molecule has 5 heteroatoms. The van der Waals surface area contributed by atoms with Crippen LogP contribution >= 0.6 is 0 Å². The lowest BCUT2D eigenvalue weighted by molar-refractivity contribution is -0.145. The van der Waals surface area contributed by atoms with Crippen LogP contribution in [0.3, 0.4) is 0 Å². The van der Waals surface area contributed by atoms with Crippen LogP contribution in [0.4, 0.5) is 0 Å². The molecule has 0 fully saturated rings. The highest BCUT2D eigenvalue weighted by molar-refractivity contribution is 5.87. The summed E-state index contributed by atoms with van der Waals surface area (Å²) in [5.41, 5.74) is 2.86. The second-order valence-electron chi connectivity index (χ2n) is 5.87. The number of nitrogens with one attached hydrogen (secondary N) is 2. The Labute approximate surface area is 146 Å². The van der Waals surface area contributed by atoms with E-state index >= 15 is 0 Å². The van der Waals surface area contributed by atoms with Crippen LogP contribution in [0.1, 0.15) is 11.1 Å². The number of esters is 1. The lowest BCUT2D eigenvalue weighted by Crippen LogP contribution is -2.43. The first kappa shape index (κ1) is 16.8. The van der Waals surface area contributed by atoms with E-state index in [-0.39, 0.29) is 12.3 Å². The van der Waals surface area contributed by atoms with E-state index in [1.165, 1.54) is 7.11 Å². The molecule has 0 saturated heterocycles. The van der Waals surface area contributed by atoms with Crippen molar-refractivity contribution in [3.8, 4) is 0 Å². The Bertz CT molecular complexity index is 871. The highest BCUT2D eigenvalue weighted by Gasteiger charge is 2.23. The number of ether oxygens (including phenoxy) is 1. The maximum absolute atomic E-state index is 12.3. The van der Waals surface area contributed by atoms with E-state index in [0.717, 1.165) is 22.0 Å². The van der Waals surface area contributed by atoms with Gasteiger partial charge in [-0.15, -0.1) is 0 Å². The summed E-state index contributed by atoms with van der Waals surface area (Å²) in [7, 11) is 1.33. The van der Waals surface area contributed by atoms with Crippen molar-refractivity contribution in [2.24, 2.45) is 0 Å². The van der Waals surface area contributed by atoms with Gasteiger partial charge in [0.2, 0.25) is 5.91 Å². The summed E-state index contributed by atoms with van der Waals surface area (Å²) in [6.07, 6.45) is 2.46. The third-order valence-electron chi connectivity index (χ3n) is 4.13. The van der Waals surface area contributed by atoms with Crippen LogP contribution in [-0.4, -0.2) is 30.0 Å². The van der Waals surface area contributed by atoms with E-state index in [4.69, 9.17) is 4.74 Å². The molecule has 3 rings (SSSR count). The quantitative estimate of drug-likeness (QED) is 0.680. The molecular weight excluding hydrogens is 316 g/mol. The number of benzene rings is 2. The molecule has 0 saturated carbocycles. The molecule has 2 aromatic carbocycles. The fourth-order valence-corrected chi connectivity index (χ4v) is 2.88. The number of hydrogen-bond donors (Lipinski definition) is 2. The van der Waals surface area contributed by atoms with Crippen molar-refractivity contribution < 1.29 is 14.3 Å². The van der Waals surface area contributed by atoms with Gasteiger partial charge >= 0.3 is 5.97 Å². The van der Waals surface area contributed by atoms with Crippen molar-refractivity contribution in [2.45, 2.75) is 18.9 Å². The van der Waals surface area contributed by atoms with Gasteiger partial charge in [0.1, 0.15) is 6.04 Å². The van der Waals surface area contributed by atoms with Gasteiger partial charge in [-0.3, -0.25) is 4.79 Å². The summed E-state index contributed by atoms with van der Waals surface area (Å²) < 4.78 is 4.86. The van der Waals surface area contributed by atoms with Crippen molar-refractivity contribution in [3.05, 3.63) is 71.9 Å². The van der Waals surface area contributed by atoms with Gasteiger partial charge in [0.05, 0.1) is 13.5 Å². The standard InChI is InChI=1S/C20H20N2O3/c1-25-20(24)18(22-19(23)11-14-7-3-2-4-8-14)12-15-13-21-17-10-6-5-9-16(15)17/h2-10,13,18,21H,11-12H2,1H3,(H,22,23)/t18-/m0/s1. The number of H-pyrrole nitrogens is 1. The Kier molecular flexibility index (Phi) is 5.14. The number of fused-ring (bicyclic) bond motifs is 1. The number of aromatic amines is 1. The first-order valence-corrected chi connectivity index (χ1v) is 8.13. The minimum absolute atomic E-state index is 0.207.